The maximum Gasteiger partial charge on any atom is 0.335 e. The molecule has 0 aromatic heterocycles. The number of likely N-dealkylation sites (N-methyl/N-ethyl adjacent to an activating group) is 1. The number of anilines is 1. The van der Waals surface area contributed by atoms with Crippen molar-refractivity contribution in [2.45, 2.75) is 38.1 Å². The molecule has 1 aromatic carbocycles. The monoisotopic (exact) mass is 306 g/mol. The number of hydrogen-bond donors (Lipinski definition) is 2. The van der Waals surface area contributed by atoms with E-state index in [4.69, 9.17) is 15.6 Å². The number of aromatic carboxylic acids is 1. The molecule has 0 saturated heterocycles. The quantitative estimate of drug-likeness (QED) is 0.813. The van der Waals surface area contributed by atoms with Crippen LogP contribution in [0.25, 0.3) is 0 Å². The fourth-order valence-corrected chi connectivity index (χ4v) is 2.73. The van der Waals surface area contributed by atoms with E-state index in [1.54, 1.807) is 11.9 Å². The Morgan fingerprint density at radius 1 is 1.32 bits per heavy atom. The number of nitrogen functional groups attached to an aromatic ring is 1. The summed E-state index contributed by atoms with van der Waals surface area (Å²) in [5, 5.41) is 8.88. The van der Waals surface area contributed by atoms with Gasteiger partial charge in [-0.2, -0.15) is 0 Å². The van der Waals surface area contributed by atoms with E-state index < -0.39 is 5.97 Å². The Kier molecular flexibility index (Phi) is 5.25. The highest BCUT2D eigenvalue weighted by molar-refractivity contribution is 5.89. The van der Waals surface area contributed by atoms with Crippen molar-refractivity contribution in [3.8, 4) is 5.75 Å². The van der Waals surface area contributed by atoms with Crippen molar-refractivity contribution in [1.82, 2.24) is 4.90 Å². The molecule has 6 heteroatoms. The first-order valence-electron chi connectivity index (χ1n) is 7.50. The van der Waals surface area contributed by atoms with Crippen molar-refractivity contribution in [2.75, 3.05) is 19.4 Å². The van der Waals surface area contributed by atoms with Crippen LogP contribution >= 0.6 is 0 Å². The van der Waals surface area contributed by atoms with Crippen LogP contribution in [-0.2, 0) is 4.79 Å². The highest BCUT2D eigenvalue weighted by atomic mass is 16.5. The van der Waals surface area contributed by atoms with Gasteiger partial charge in [-0.05, 0) is 31.0 Å². The van der Waals surface area contributed by atoms with E-state index in [0.29, 0.717) is 5.75 Å². The molecule has 0 radical (unpaired) electrons. The molecule has 0 unspecified atom stereocenters. The van der Waals surface area contributed by atoms with Gasteiger partial charge in [0.25, 0.3) is 5.91 Å². The standard InChI is InChI=1S/C16H22N2O4/c1-18(12-5-3-2-4-6-12)15(19)10-22-14-8-7-11(16(20)21)9-13(14)17/h7-9,12H,2-6,10,17H2,1H3,(H,20,21). The Morgan fingerprint density at radius 2 is 2.00 bits per heavy atom. The third-order valence-corrected chi connectivity index (χ3v) is 4.12. The van der Waals surface area contributed by atoms with Gasteiger partial charge in [-0.15, -0.1) is 0 Å². The molecule has 0 atom stereocenters. The van der Waals surface area contributed by atoms with Crippen LogP contribution in [0.5, 0.6) is 5.75 Å². The van der Waals surface area contributed by atoms with Gasteiger partial charge in [0.1, 0.15) is 5.75 Å². The first-order valence-corrected chi connectivity index (χ1v) is 7.50. The van der Waals surface area contributed by atoms with Crippen molar-refractivity contribution in [2.24, 2.45) is 0 Å². The molecule has 1 fully saturated rings. The highest BCUT2D eigenvalue weighted by Crippen LogP contribution is 2.24. The van der Waals surface area contributed by atoms with Crippen LogP contribution in [0.4, 0.5) is 5.69 Å². The Labute approximate surface area is 129 Å². The molecule has 0 spiro atoms. The Balaban J connectivity index is 1.91. The molecule has 0 bridgehead atoms. The summed E-state index contributed by atoms with van der Waals surface area (Å²) in [5.41, 5.74) is 6.06. The van der Waals surface area contributed by atoms with E-state index in [1.807, 2.05) is 0 Å². The van der Waals surface area contributed by atoms with Gasteiger partial charge in [-0.25, -0.2) is 4.79 Å². The number of ether oxygens (including phenoxy) is 1. The minimum Gasteiger partial charge on any atom is -0.482 e. The second kappa shape index (κ2) is 7.15. The molecule has 1 saturated carbocycles. The predicted octanol–water partition coefficient (Wildman–Crippen LogP) is 2.14. The van der Waals surface area contributed by atoms with E-state index in [-0.39, 0.29) is 29.8 Å². The Hall–Kier alpha value is -2.24. The molecule has 22 heavy (non-hydrogen) atoms. The molecular formula is C16H22N2O4. The van der Waals surface area contributed by atoms with Gasteiger partial charge in [0, 0.05) is 13.1 Å². The maximum absolute atomic E-state index is 12.2. The molecule has 120 valence electrons. The molecule has 2 rings (SSSR count). The summed E-state index contributed by atoms with van der Waals surface area (Å²) in [6, 6.07) is 4.50. The number of carbonyl (C=O) groups excluding carboxylic acids is 1. The second-order valence-corrected chi connectivity index (χ2v) is 5.64. The first-order chi connectivity index (χ1) is 10.5. The summed E-state index contributed by atoms with van der Waals surface area (Å²) < 4.78 is 5.44. The van der Waals surface area contributed by atoms with Crippen molar-refractivity contribution < 1.29 is 19.4 Å². The van der Waals surface area contributed by atoms with Crippen molar-refractivity contribution in [3.63, 3.8) is 0 Å². The highest BCUT2D eigenvalue weighted by Gasteiger charge is 2.22. The number of benzene rings is 1. The van der Waals surface area contributed by atoms with Crippen LogP contribution in [0.15, 0.2) is 18.2 Å². The lowest BCUT2D eigenvalue weighted by atomic mass is 9.94. The van der Waals surface area contributed by atoms with Gasteiger partial charge in [-0.3, -0.25) is 4.79 Å². The number of rotatable bonds is 5. The summed E-state index contributed by atoms with van der Waals surface area (Å²) in [5.74, 6) is -0.810. The van der Waals surface area contributed by atoms with E-state index >= 15 is 0 Å². The minimum atomic E-state index is -1.05. The summed E-state index contributed by atoms with van der Waals surface area (Å²) in [7, 11) is 1.80. The summed E-state index contributed by atoms with van der Waals surface area (Å²) in [6.07, 6.45) is 5.64. The third-order valence-electron chi connectivity index (χ3n) is 4.12. The fraction of sp³-hybridized carbons (Fsp3) is 0.500. The average Bonchev–Trinajstić information content (AvgIpc) is 2.53. The Morgan fingerprint density at radius 3 is 2.59 bits per heavy atom. The first kappa shape index (κ1) is 16.1. The van der Waals surface area contributed by atoms with E-state index in [1.165, 1.54) is 24.6 Å². The number of nitrogens with two attached hydrogens (primary N) is 1. The summed E-state index contributed by atoms with van der Waals surface area (Å²) >= 11 is 0. The molecular weight excluding hydrogens is 284 g/mol. The average molecular weight is 306 g/mol. The van der Waals surface area contributed by atoms with Crippen molar-refractivity contribution >= 4 is 17.6 Å². The number of carbonyl (C=O) groups is 2. The van der Waals surface area contributed by atoms with Crippen LogP contribution in [0.3, 0.4) is 0 Å². The van der Waals surface area contributed by atoms with Crippen LogP contribution in [0.1, 0.15) is 42.5 Å². The number of carboxylic acids is 1. The zero-order valence-corrected chi connectivity index (χ0v) is 12.7. The smallest absolute Gasteiger partial charge is 0.335 e. The molecule has 1 aliphatic rings. The Bertz CT molecular complexity index is 553. The molecule has 1 aliphatic carbocycles. The van der Waals surface area contributed by atoms with Crippen LogP contribution < -0.4 is 10.5 Å². The summed E-state index contributed by atoms with van der Waals surface area (Å²) in [4.78, 5) is 24.8. The fourth-order valence-electron chi connectivity index (χ4n) is 2.73. The van der Waals surface area contributed by atoms with E-state index in [2.05, 4.69) is 0 Å². The summed E-state index contributed by atoms with van der Waals surface area (Å²) in [6.45, 7) is -0.0936. The lowest BCUT2D eigenvalue weighted by molar-refractivity contribution is -0.134. The van der Waals surface area contributed by atoms with Gasteiger partial charge in [0.05, 0.1) is 11.3 Å². The van der Waals surface area contributed by atoms with Crippen LogP contribution in [0, 0.1) is 0 Å². The number of carboxylic acid groups (broad SMARTS) is 1. The lowest BCUT2D eigenvalue weighted by Crippen LogP contribution is -2.40. The molecule has 3 N–H and O–H groups in total. The molecule has 0 aliphatic heterocycles. The zero-order valence-electron chi connectivity index (χ0n) is 12.7. The molecule has 1 amide bonds. The van der Waals surface area contributed by atoms with Gasteiger partial charge in [0.15, 0.2) is 6.61 Å². The third kappa shape index (κ3) is 3.90. The minimum absolute atomic E-state index is 0.0892. The lowest BCUT2D eigenvalue weighted by Gasteiger charge is -2.31. The van der Waals surface area contributed by atoms with Gasteiger partial charge in [-0.1, -0.05) is 19.3 Å². The SMILES string of the molecule is CN(C(=O)COc1ccc(C(=O)O)cc1N)C1CCCCC1. The zero-order chi connectivity index (χ0) is 16.1. The topological polar surface area (TPSA) is 92.9 Å². The predicted molar refractivity (Wildman–Crippen MR) is 83.0 cm³/mol. The molecule has 0 heterocycles. The largest absolute Gasteiger partial charge is 0.482 e. The van der Waals surface area contributed by atoms with Gasteiger partial charge >= 0.3 is 5.97 Å². The van der Waals surface area contributed by atoms with Crippen LogP contribution in [0.2, 0.25) is 0 Å². The number of nitrogens with zero attached hydrogens (tertiary/aromatic N) is 1. The van der Waals surface area contributed by atoms with Gasteiger partial charge < -0.3 is 20.5 Å². The maximum atomic E-state index is 12.2. The number of amides is 1. The van der Waals surface area contributed by atoms with Crippen molar-refractivity contribution in [1.29, 1.82) is 0 Å². The van der Waals surface area contributed by atoms with E-state index in [9.17, 15) is 9.59 Å². The second-order valence-electron chi connectivity index (χ2n) is 5.64. The molecule has 1 aromatic rings. The number of hydrogen-bond acceptors (Lipinski definition) is 4. The van der Waals surface area contributed by atoms with Crippen molar-refractivity contribution in [3.05, 3.63) is 23.8 Å². The van der Waals surface area contributed by atoms with Crippen LogP contribution in [-0.4, -0.2) is 41.6 Å². The van der Waals surface area contributed by atoms with E-state index in [0.717, 1.165) is 25.7 Å². The van der Waals surface area contributed by atoms with Gasteiger partial charge in [0.2, 0.25) is 0 Å². The molecule has 6 nitrogen and oxygen atoms in total. The normalized spacial score (nSPS) is 15.3.